The second kappa shape index (κ2) is 6.99. The first-order chi connectivity index (χ1) is 7.25. The van der Waals surface area contributed by atoms with Crippen LogP contribution in [0.2, 0.25) is 0 Å². The van der Waals surface area contributed by atoms with E-state index in [2.05, 4.69) is 48.6 Å². The molecule has 0 amide bonds. The molecule has 1 N–H and O–H groups in total. The molecular weight excluding hydrogens is 204 g/mol. The van der Waals surface area contributed by atoms with Crippen molar-refractivity contribution in [3.05, 3.63) is 22.4 Å². The normalized spacial score (nSPS) is 13.3. The third-order valence-electron chi connectivity index (χ3n) is 2.73. The monoisotopic (exact) mass is 226 g/mol. The molecule has 2 nitrogen and oxygen atoms in total. The Kier molecular flexibility index (Phi) is 5.91. The SMILES string of the molecule is CCNCCCN(C)C(C)c1cccs1. The fourth-order valence-corrected chi connectivity index (χ4v) is 2.42. The van der Waals surface area contributed by atoms with Gasteiger partial charge in [0.1, 0.15) is 0 Å². The largest absolute Gasteiger partial charge is 0.317 e. The van der Waals surface area contributed by atoms with Gasteiger partial charge in [-0.1, -0.05) is 13.0 Å². The summed E-state index contributed by atoms with van der Waals surface area (Å²) in [7, 11) is 2.20. The second-order valence-electron chi connectivity index (χ2n) is 3.88. The Balaban J connectivity index is 2.24. The zero-order valence-corrected chi connectivity index (χ0v) is 10.8. The summed E-state index contributed by atoms with van der Waals surface area (Å²) in [4.78, 5) is 3.88. The molecule has 0 aliphatic heterocycles. The van der Waals surface area contributed by atoms with Crippen molar-refractivity contribution in [3.63, 3.8) is 0 Å². The Morgan fingerprint density at radius 3 is 2.93 bits per heavy atom. The summed E-state index contributed by atoms with van der Waals surface area (Å²) < 4.78 is 0. The third kappa shape index (κ3) is 4.33. The van der Waals surface area contributed by atoms with Gasteiger partial charge in [0.25, 0.3) is 0 Å². The molecule has 0 radical (unpaired) electrons. The van der Waals surface area contributed by atoms with E-state index in [0.29, 0.717) is 6.04 Å². The molecule has 1 aromatic heterocycles. The highest BCUT2D eigenvalue weighted by Crippen LogP contribution is 2.22. The van der Waals surface area contributed by atoms with Crippen molar-refractivity contribution in [1.29, 1.82) is 0 Å². The van der Waals surface area contributed by atoms with E-state index >= 15 is 0 Å². The van der Waals surface area contributed by atoms with Crippen LogP contribution in [0.25, 0.3) is 0 Å². The van der Waals surface area contributed by atoms with Crippen LogP contribution in [0.4, 0.5) is 0 Å². The van der Waals surface area contributed by atoms with Gasteiger partial charge in [-0.05, 0) is 51.5 Å². The van der Waals surface area contributed by atoms with Crippen LogP contribution in [-0.2, 0) is 0 Å². The standard InChI is InChI=1S/C12H22N2S/c1-4-13-8-6-9-14(3)11(2)12-7-5-10-15-12/h5,7,10-11,13H,4,6,8-9H2,1-3H3. The minimum Gasteiger partial charge on any atom is -0.317 e. The van der Waals surface area contributed by atoms with E-state index in [0.717, 1.165) is 19.6 Å². The van der Waals surface area contributed by atoms with E-state index in [9.17, 15) is 0 Å². The topological polar surface area (TPSA) is 15.3 Å². The molecule has 1 aromatic rings. The molecule has 0 saturated carbocycles. The van der Waals surface area contributed by atoms with E-state index in [1.54, 1.807) is 0 Å². The molecule has 3 heteroatoms. The predicted molar refractivity (Wildman–Crippen MR) is 68.5 cm³/mol. The molecule has 86 valence electrons. The molecule has 0 aromatic carbocycles. The van der Waals surface area contributed by atoms with Gasteiger partial charge in [0, 0.05) is 10.9 Å². The molecule has 0 bridgehead atoms. The van der Waals surface area contributed by atoms with E-state index in [4.69, 9.17) is 0 Å². The van der Waals surface area contributed by atoms with E-state index in [-0.39, 0.29) is 0 Å². The number of hydrogen-bond acceptors (Lipinski definition) is 3. The molecule has 0 aliphatic rings. The van der Waals surface area contributed by atoms with Gasteiger partial charge in [-0.3, -0.25) is 4.90 Å². The Labute approximate surface area is 97.3 Å². The lowest BCUT2D eigenvalue weighted by Gasteiger charge is -2.23. The van der Waals surface area contributed by atoms with Crippen molar-refractivity contribution in [2.75, 3.05) is 26.7 Å². The van der Waals surface area contributed by atoms with Crippen molar-refractivity contribution >= 4 is 11.3 Å². The molecule has 0 aliphatic carbocycles. The summed E-state index contributed by atoms with van der Waals surface area (Å²) in [6.45, 7) is 7.78. The summed E-state index contributed by atoms with van der Waals surface area (Å²) in [6, 6.07) is 4.89. The van der Waals surface area contributed by atoms with Gasteiger partial charge < -0.3 is 5.32 Å². The highest BCUT2D eigenvalue weighted by Gasteiger charge is 2.11. The number of rotatable bonds is 7. The predicted octanol–water partition coefficient (Wildman–Crippen LogP) is 2.74. The fraction of sp³-hybridized carbons (Fsp3) is 0.667. The van der Waals surface area contributed by atoms with Crippen molar-refractivity contribution in [1.82, 2.24) is 10.2 Å². The van der Waals surface area contributed by atoms with Crippen LogP contribution in [0.3, 0.4) is 0 Å². The van der Waals surface area contributed by atoms with Gasteiger partial charge >= 0.3 is 0 Å². The molecule has 1 atom stereocenters. The first-order valence-corrected chi connectivity index (χ1v) is 6.58. The number of nitrogens with zero attached hydrogens (tertiary/aromatic N) is 1. The molecule has 0 fully saturated rings. The summed E-state index contributed by atoms with van der Waals surface area (Å²) in [5, 5.41) is 5.50. The minimum atomic E-state index is 0.548. The van der Waals surface area contributed by atoms with Crippen molar-refractivity contribution in [2.45, 2.75) is 26.3 Å². The smallest absolute Gasteiger partial charge is 0.0410 e. The van der Waals surface area contributed by atoms with Gasteiger partial charge in [0.2, 0.25) is 0 Å². The lowest BCUT2D eigenvalue weighted by atomic mass is 10.2. The van der Waals surface area contributed by atoms with E-state index in [1.807, 2.05) is 11.3 Å². The van der Waals surface area contributed by atoms with Gasteiger partial charge in [0.15, 0.2) is 0 Å². The van der Waals surface area contributed by atoms with Gasteiger partial charge in [0.05, 0.1) is 0 Å². The Hall–Kier alpha value is -0.380. The number of thiophene rings is 1. The fourth-order valence-electron chi connectivity index (χ4n) is 1.57. The van der Waals surface area contributed by atoms with E-state index < -0.39 is 0 Å². The summed E-state index contributed by atoms with van der Waals surface area (Å²) in [5.41, 5.74) is 0. The summed E-state index contributed by atoms with van der Waals surface area (Å²) in [6.07, 6.45) is 1.22. The molecule has 0 spiro atoms. The van der Waals surface area contributed by atoms with Gasteiger partial charge in [-0.15, -0.1) is 11.3 Å². The quantitative estimate of drug-likeness (QED) is 0.719. The third-order valence-corrected chi connectivity index (χ3v) is 3.77. The van der Waals surface area contributed by atoms with Crippen molar-refractivity contribution in [3.8, 4) is 0 Å². The Bertz CT molecular complexity index is 246. The zero-order valence-electron chi connectivity index (χ0n) is 9.99. The molecule has 1 unspecified atom stereocenters. The van der Waals surface area contributed by atoms with Crippen LogP contribution >= 0.6 is 11.3 Å². The van der Waals surface area contributed by atoms with Crippen LogP contribution in [0, 0.1) is 0 Å². The second-order valence-corrected chi connectivity index (χ2v) is 4.86. The van der Waals surface area contributed by atoms with Gasteiger partial charge in [-0.2, -0.15) is 0 Å². The first-order valence-electron chi connectivity index (χ1n) is 5.70. The zero-order chi connectivity index (χ0) is 11.1. The minimum absolute atomic E-state index is 0.548. The highest BCUT2D eigenvalue weighted by molar-refractivity contribution is 7.10. The number of nitrogens with one attached hydrogen (secondary N) is 1. The maximum Gasteiger partial charge on any atom is 0.0410 e. The molecule has 0 saturated heterocycles. The van der Waals surface area contributed by atoms with Crippen LogP contribution in [0.1, 0.15) is 31.2 Å². The average Bonchev–Trinajstić information content (AvgIpc) is 2.76. The summed E-state index contributed by atoms with van der Waals surface area (Å²) >= 11 is 1.85. The van der Waals surface area contributed by atoms with Crippen LogP contribution in [-0.4, -0.2) is 31.6 Å². The molecule has 1 heterocycles. The average molecular weight is 226 g/mol. The van der Waals surface area contributed by atoms with Crippen LogP contribution < -0.4 is 5.32 Å². The molecule has 1 rings (SSSR count). The van der Waals surface area contributed by atoms with E-state index in [1.165, 1.54) is 11.3 Å². The number of hydrogen-bond donors (Lipinski definition) is 1. The lowest BCUT2D eigenvalue weighted by Crippen LogP contribution is -2.26. The van der Waals surface area contributed by atoms with Crippen LogP contribution in [0.5, 0.6) is 0 Å². The lowest BCUT2D eigenvalue weighted by molar-refractivity contribution is 0.261. The maximum absolute atomic E-state index is 3.35. The maximum atomic E-state index is 3.35. The highest BCUT2D eigenvalue weighted by atomic mass is 32.1. The first kappa shape index (κ1) is 12.7. The molecule has 15 heavy (non-hydrogen) atoms. The Morgan fingerprint density at radius 1 is 1.53 bits per heavy atom. The molecular formula is C12H22N2S. The van der Waals surface area contributed by atoms with Crippen molar-refractivity contribution < 1.29 is 0 Å². The Morgan fingerprint density at radius 2 is 2.33 bits per heavy atom. The van der Waals surface area contributed by atoms with Crippen LogP contribution in [0.15, 0.2) is 17.5 Å². The van der Waals surface area contributed by atoms with Gasteiger partial charge in [-0.25, -0.2) is 0 Å². The summed E-state index contributed by atoms with van der Waals surface area (Å²) in [5.74, 6) is 0. The van der Waals surface area contributed by atoms with Crippen molar-refractivity contribution in [2.24, 2.45) is 0 Å².